The van der Waals surface area contributed by atoms with Crippen LogP contribution in [0.2, 0.25) is 5.02 Å². The number of carbonyl (C=O) groups is 1. The third kappa shape index (κ3) is 3.50. The first kappa shape index (κ1) is 17.1. The number of carbonyl (C=O) groups excluding carboxylic acids is 1. The molecule has 0 unspecified atom stereocenters. The third-order valence-corrected chi connectivity index (χ3v) is 5.06. The highest BCUT2D eigenvalue weighted by molar-refractivity contribution is 6.30. The lowest BCUT2D eigenvalue weighted by Crippen LogP contribution is -2.46. The Kier molecular flexibility index (Phi) is 4.97. The fraction of sp³-hybridized carbons (Fsp3) is 0.421. The predicted molar refractivity (Wildman–Crippen MR) is 97.7 cm³/mol. The number of hydrazine groups is 1. The van der Waals surface area contributed by atoms with Crippen LogP contribution in [0.1, 0.15) is 41.5 Å². The number of hydrogen-bond acceptors (Lipinski definition) is 2. The number of halogens is 1. The number of aryl methyl sites for hydroxylation is 1. The summed E-state index contributed by atoms with van der Waals surface area (Å²) in [6, 6.07) is 9.62. The van der Waals surface area contributed by atoms with Crippen molar-refractivity contribution in [2.75, 3.05) is 13.1 Å². The smallest absolute Gasteiger partial charge is 0.267 e. The van der Waals surface area contributed by atoms with E-state index in [2.05, 4.69) is 16.9 Å². The summed E-state index contributed by atoms with van der Waals surface area (Å²) in [5, 5.41) is 2.75. The van der Waals surface area contributed by atoms with Crippen LogP contribution in [-0.2, 0) is 0 Å². The van der Waals surface area contributed by atoms with E-state index >= 15 is 0 Å². The van der Waals surface area contributed by atoms with E-state index in [1.54, 1.807) is 0 Å². The van der Waals surface area contributed by atoms with Crippen LogP contribution in [0.15, 0.2) is 30.3 Å². The average molecular weight is 346 g/mol. The highest BCUT2D eigenvalue weighted by Gasteiger charge is 2.21. The molecule has 3 rings (SSSR count). The molecule has 1 fully saturated rings. The van der Waals surface area contributed by atoms with Crippen molar-refractivity contribution < 1.29 is 4.79 Å². The Morgan fingerprint density at radius 2 is 1.79 bits per heavy atom. The first-order valence-corrected chi connectivity index (χ1v) is 8.84. The van der Waals surface area contributed by atoms with Gasteiger partial charge < -0.3 is 4.57 Å². The summed E-state index contributed by atoms with van der Waals surface area (Å²) in [5.41, 5.74) is 6.77. The quantitative estimate of drug-likeness (QED) is 0.908. The lowest BCUT2D eigenvalue weighted by atomic mass is 10.0. The van der Waals surface area contributed by atoms with Crippen molar-refractivity contribution in [2.24, 2.45) is 5.92 Å². The minimum absolute atomic E-state index is 0.0298. The van der Waals surface area contributed by atoms with Crippen LogP contribution in [0.25, 0.3) is 5.69 Å². The molecule has 1 amide bonds. The molecule has 0 radical (unpaired) electrons. The Hall–Kier alpha value is -1.78. The first-order chi connectivity index (χ1) is 11.5. The van der Waals surface area contributed by atoms with Crippen LogP contribution in [0.4, 0.5) is 0 Å². The Bertz CT molecular complexity index is 728. The molecule has 0 aliphatic carbocycles. The first-order valence-electron chi connectivity index (χ1n) is 8.46. The summed E-state index contributed by atoms with van der Waals surface area (Å²) < 4.78 is 2.09. The van der Waals surface area contributed by atoms with E-state index in [0.717, 1.165) is 54.5 Å². The van der Waals surface area contributed by atoms with Crippen molar-refractivity contribution >= 4 is 17.5 Å². The Morgan fingerprint density at radius 3 is 2.42 bits per heavy atom. The number of amides is 1. The zero-order valence-electron chi connectivity index (χ0n) is 14.5. The van der Waals surface area contributed by atoms with Gasteiger partial charge in [0.25, 0.3) is 5.91 Å². The molecular formula is C19H24ClN3O. The van der Waals surface area contributed by atoms with Gasteiger partial charge >= 0.3 is 0 Å². The Balaban J connectivity index is 1.80. The van der Waals surface area contributed by atoms with Gasteiger partial charge in [-0.15, -0.1) is 0 Å². The topological polar surface area (TPSA) is 37.3 Å². The molecule has 1 aromatic heterocycles. The molecule has 5 heteroatoms. The molecule has 4 nitrogen and oxygen atoms in total. The van der Waals surface area contributed by atoms with Crippen LogP contribution < -0.4 is 5.43 Å². The minimum atomic E-state index is -0.0298. The standard InChI is InChI=1S/C19H24ClN3O/c1-13-8-10-22(11-9-13)21-19(24)18-12-14(2)23(15(18)3)17-6-4-16(20)5-7-17/h4-7,12-13H,8-11H2,1-3H3,(H,21,24). The summed E-state index contributed by atoms with van der Waals surface area (Å²) in [5.74, 6) is 0.714. The van der Waals surface area contributed by atoms with Gasteiger partial charge in [-0.1, -0.05) is 18.5 Å². The maximum Gasteiger partial charge on any atom is 0.267 e. The summed E-state index contributed by atoms with van der Waals surface area (Å²) in [7, 11) is 0. The summed E-state index contributed by atoms with van der Waals surface area (Å²) in [6.45, 7) is 8.10. The van der Waals surface area contributed by atoms with Crippen molar-refractivity contribution in [3.63, 3.8) is 0 Å². The highest BCUT2D eigenvalue weighted by atomic mass is 35.5. The van der Waals surface area contributed by atoms with Gasteiger partial charge in [-0.05, 0) is 62.9 Å². The van der Waals surface area contributed by atoms with Gasteiger partial charge in [-0.3, -0.25) is 10.2 Å². The van der Waals surface area contributed by atoms with Crippen molar-refractivity contribution in [1.82, 2.24) is 15.0 Å². The van der Waals surface area contributed by atoms with Gasteiger partial charge in [0, 0.05) is 35.2 Å². The normalized spacial score (nSPS) is 16.3. The second-order valence-electron chi connectivity index (χ2n) is 6.71. The molecule has 1 saturated heterocycles. The zero-order chi connectivity index (χ0) is 17.3. The summed E-state index contributed by atoms with van der Waals surface area (Å²) in [6.07, 6.45) is 2.26. The highest BCUT2D eigenvalue weighted by Crippen LogP contribution is 2.22. The van der Waals surface area contributed by atoms with E-state index in [1.807, 2.05) is 49.2 Å². The van der Waals surface area contributed by atoms with E-state index in [9.17, 15) is 4.79 Å². The molecule has 2 aromatic rings. The fourth-order valence-electron chi connectivity index (χ4n) is 3.30. The number of nitrogens with zero attached hydrogens (tertiary/aromatic N) is 2. The molecule has 1 N–H and O–H groups in total. The number of aromatic nitrogens is 1. The molecule has 2 heterocycles. The maximum atomic E-state index is 12.7. The predicted octanol–water partition coefficient (Wildman–Crippen LogP) is 4.12. The van der Waals surface area contributed by atoms with Gasteiger partial charge in [0.1, 0.15) is 0 Å². The number of piperidine rings is 1. The van der Waals surface area contributed by atoms with Gasteiger partial charge in [0.05, 0.1) is 5.56 Å². The van der Waals surface area contributed by atoms with E-state index in [-0.39, 0.29) is 5.91 Å². The van der Waals surface area contributed by atoms with Crippen LogP contribution in [0.3, 0.4) is 0 Å². The molecule has 0 saturated carbocycles. The average Bonchev–Trinajstić information content (AvgIpc) is 2.85. The van der Waals surface area contributed by atoms with Crippen molar-refractivity contribution in [2.45, 2.75) is 33.6 Å². The Labute approximate surface area is 148 Å². The van der Waals surface area contributed by atoms with Crippen molar-refractivity contribution in [3.8, 4) is 5.69 Å². The SMILES string of the molecule is Cc1cc(C(=O)NN2CCC(C)CC2)c(C)n1-c1ccc(Cl)cc1. The zero-order valence-corrected chi connectivity index (χ0v) is 15.2. The molecule has 0 bridgehead atoms. The van der Waals surface area contributed by atoms with Crippen LogP contribution >= 0.6 is 11.6 Å². The molecular weight excluding hydrogens is 322 g/mol. The lowest BCUT2D eigenvalue weighted by molar-refractivity contribution is 0.0711. The summed E-state index contributed by atoms with van der Waals surface area (Å²) in [4.78, 5) is 12.7. The molecule has 1 aromatic carbocycles. The van der Waals surface area contributed by atoms with Crippen LogP contribution in [-0.4, -0.2) is 28.6 Å². The number of nitrogens with one attached hydrogen (secondary N) is 1. The number of benzene rings is 1. The van der Waals surface area contributed by atoms with Gasteiger partial charge in [-0.25, -0.2) is 5.01 Å². The molecule has 128 valence electrons. The van der Waals surface area contributed by atoms with Gasteiger partial charge in [0.2, 0.25) is 0 Å². The number of hydrogen-bond donors (Lipinski definition) is 1. The van der Waals surface area contributed by atoms with Crippen molar-refractivity contribution in [3.05, 3.63) is 52.3 Å². The van der Waals surface area contributed by atoms with E-state index in [1.165, 1.54) is 0 Å². The van der Waals surface area contributed by atoms with Gasteiger partial charge in [-0.2, -0.15) is 0 Å². The molecule has 0 atom stereocenters. The molecule has 0 spiro atoms. The molecule has 24 heavy (non-hydrogen) atoms. The van der Waals surface area contributed by atoms with E-state index < -0.39 is 0 Å². The van der Waals surface area contributed by atoms with Crippen LogP contribution in [0, 0.1) is 19.8 Å². The minimum Gasteiger partial charge on any atom is -0.318 e. The monoisotopic (exact) mass is 345 g/mol. The van der Waals surface area contributed by atoms with Gasteiger partial charge in [0.15, 0.2) is 0 Å². The van der Waals surface area contributed by atoms with E-state index in [4.69, 9.17) is 11.6 Å². The number of rotatable bonds is 3. The van der Waals surface area contributed by atoms with E-state index in [0.29, 0.717) is 5.02 Å². The summed E-state index contributed by atoms with van der Waals surface area (Å²) >= 11 is 5.97. The lowest BCUT2D eigenvalue weighted by Gasteiger charge is -2.30. The molecule has 1 aliphatic heterocycles. The fourth-order valence-corrected chi connectivity index (χ4v) is 3.43. The largest absolute Gasteiger partial charge is 0.318 e. The maximum absolute atomic E-state index is 12.7. The van der Waals surface area contributed by atoms with Crippen LogP contribution in [0.5, 0.6) is 0 Å². The molecule has 1 aliphatic rings. The third-order valence-electron chi connectivity index (χ3n) is 4.80. The Morgan fingerprint density at radius 1 is 1.17 bits per heavy atom. The second-order valence-corrected chi connectivity index (χ2v) is 7.14. The second kappa shape index (κ2) is 6.99. The van der Waals surface area contributed by atoms with Crippen molar-refractivity contribution in [1.29, 1.82) is 0 Å².